The fourth-order valence-electron chi connectivity index (χ4n) is 3.81. The van der Waals surface area contributed by atoms with Gasteiger partial charge in [0.1, 0.15) is 0 Å². The summed E-state index contributed by atoms with van der Waals surface area (Å²) in [5, 5.41) is 2.27. The lowest BCUT2D eigenvalue weighted by Gasteiger charge is -2.16. The summed E-state index contributed by atoms with van der Waals surface area (Å²) in [6.45, 7) is 1.62. The highest BCUT2D eigenvalue weighted by Gasteiger charge is 2.26. The van der Waals surface area contributed by atoms with E-state index in [1.807, 2.05) is 35.2 Å². The van der Waals surface area contributed by atoms with Crippen LogP contribution in [0.25, 0.3) is 0 Å². The van der Waals surface area contributed by atoms with Crippen molar-refractivity contribution in [3.05, 3.63) is 59.7 Å². The molecule has 3 rings (SSSR count). The van der Waals surface area contributed by atoms with E-state index in [1.165, 1.54) is 12.3 Å². The third-order valence-corrected chi connectivity index (χ3v) is 5.34. The van der Waals surface area contributed by atoms with Crippen LogP contribution in [-0.4, -0.2) is 34.9 Å². The van der Waals surface area contributed by atoms with E-state index >= 15 is 0 Å². The largest absolute Gasteiger partial charge is 0.351 e. The van der Waals surface area contributed by atoms with Gasteiger partial charge in [0.15, 0.2) is 5.82 Å². The number of nitrogens with zero attached hydrogens (tertiary/aromatic N) is 2. The minimum absolute atomic E-state index is 0.0663. The number of carbonyl (C=O) groups is 2. The van der Waals surface area contributed by atoms with E-state index in [2.05, 4.69) is 10.3 Å². The van der Waals surface area contributed by atoms with Gasteiger partial charge in [-0.1, -0.05) is 31.0 Å². The number of nitrogens with one attached hydrogen (secondary N) is 1. The predicted octanol–water partition coefficient (Wildman–Crippen LogP) is 3.98. The van der Waals surface area contributed by atoms with Crippen molar-refractivity contribution in [1.29, 1.82) is 0 Å². The van der Waals surface area contributed by atoms with E-state index < -0.39 is 11.8 Å². The number of urea groups is 1. The van der Waals surface area contributed by atoms with Crippen LogP contribution in [-0.2, 0) is 6.42 Å². The van der Waals surface area contributed by atoms with Gasteiger partial charge in [0.05, 0.1) is 11.4 Å². The predicted molar refractivity (Wildman–Crippen MR) is 110 cm³/mol. The molecule has 0 spiro atoms. The minimum Gasteiger partial charge on any atom is -0.351 e. The molecule has 154 valence electrons. The Morgan fingerprint density at radius 1 is 1.17 bits per heavy atom. The number of benzene rings is 1. The van der Waals surface area contributed by atoms with Crippen molar-refractivity contribution in [2.24, 2.45) is 11.7 Å². The van der Waals surface area contributed by atoms with Gasteiger partial charge in [-0.15, -0.1) is 0 Å². The summed E-state index contributed by atoms with van der Waals surface area (Å²) in [5.74, 6) is 0.122. The SMILES string of the molecule is NC(=O)Nc1ccnc(CCCCCC2CCN(C(=O)c3ccccc3)C2)c1F. The van der Waals surface area contributed by atoms with Crippen molar-refractivity contribution in [2.45, 2.75) is 38.5 Å². The molecule has 1 aromatic carbocycles. The Morgan fingerprint density at radius 3 is 2.72 bits per heavy atom. The molecule has 0 aliphatic carbocycles. The lowest BCUT2D eigenvalue weighted by Crippen LogP contribution is -2.28. The number of nitrogens with two attached hydrogens (primary N) is 1. The Morgan fingerprint density at radius 2 is 1.97 bits per heavy atom. The maximum Gasteiger partial charge on any atom is 0.316 e. The van der Waals surface area contributed by atoms with Gasteiger partial charge in [0.25, 0.3) is 5.91 Å². The fraction of sp³-hybridized carbons (Fsp3) is 0.409. The summed E-state index contributed by atoms with van der Waals surface area (Å²) in [4.78, 5) is 29.4. The summed E-state index contributed by atoms with van der Waals surface area (Å²) < 4.78 is 14.3. The summed E-state index contributed by atoms with van der Waals surface area (Å²) in [7, 11) is 0. The molecule has 6 nitrogen and oxygen atoms in total. The number of hydrogen-bond acceptors (Lipinski definition) is 3. The van der Waals surface area contributed by atoms with Crippen LogP contribution in [0.15, 0.2) is 42.6 Å². The second-order valence-electron chi connectivity index (χ2n) is 7.48. The normalized spacial score (nSPS) is 16.0. The van der Waals surface area contributed by atoms with Crippen LogP contribution in [0.3, 0.4) is 0 Å². The number of carbonyl (C=O) groups excluding carboxylic acids is 2. The first-order chi connectivity index (χ1) is 14.0. The Labute approximate surface area is 170 Å². The van der Waals surface area contributed by atoms with Crippen LogP contribution in [0.4, 0.5) is 14.9 Å². The molecule has 3 amide bonds. The Balaban J connectivity index is 1.37. The molecule has 2 aromatic rings. The highest BCUT2D eigenvalue weighted by Crippen LogP contribution is 2.24. The van der Waals surface area contributed by atoms with Crippen LogP contribution in [0.1, 0.15) is 48.2 Å². The molecule has 0 bridgehead atoms. The minimum atomic E-state index is -0.794. The van der Waals surface area contributed by atoms with Crippen molar-refractivity contribution < 1.29 is 14.0 Å². The van der Waals surface area contributed by atoms with E-state index in [0.717, 1.165) is 50.8 Å². The van der Waals surface area contributed by atoms with E-state index in [0.29, 0.717) is 18.0 Å². The van der Waals surface area contributed by atoms with E-state index in [1.54, 1.807) is 0 Å². The van der Waals surface area contributed by atoms with Gasteiger partial charge in [0.2, 0.25) is 0 Å². The van der Waals surface area contributed by atoms with Crippen LogP contribution in [0.2, 0.25) is 0 Å². The number of hydrogen-bond donors (Lipinski definition) is 2. The van der Waals surface area contributed by atoms with Gasteiger partial charge in [0, 0.05) is 24.8 Å². The third-order valence-electron chi connectivity index (χ3n) is 5.34. The van der Waals surface area contributed by atoms with Gasteiger partial charge in [-0.2, -0.15) is 0 Å². The zero-order valence-electron chi connectivity index (χ0n) is 16.4. The second-order valence-corrected chi connectivity index (χ2v) is 7.48. The maximum atomic E-state index is 14.3. The molecule has 2 heterocycles. The van der Waals surface area contributed by atoms with Gasteiger partial charge in [-0.05, 0) is 49.8 Å². The van der Waals surface area contributed by atoms with Crippen molar-refractivity contribution in [1.82, 2.24) is 9.88 Å². The van der Waals surface area contributed by atoms with Gasteiger partial charge >= 0.3 is 6.03 Å². The van der Waals surface area contributed by atoms with Crippen molar-refractivity contribution in [2.75, 3.05) is 18.4 Å². The molecule has 1 aromatic heterocycles. The van der Waals surface area contributed by atoms with Gasteiger partial charge in [-0.3, -0.25) is 9.78 Å². The van der Waals surface area contributed by atoms with Crippen LogP contribution in [0.5, 0.6) is 0 Å². The summed E-state index contributed by atoms with van der Waals surface area (Å²) in [6.07, 6.45) is 6.93. The first-order valence-electron chi connectivity index (χ1n) is 10.1. The van der Waals surface area contributed by atoms with Crippen molar-refractivity contribution in [3.8, 4) is 0 Å². The van der Waals surface area contributed by atoms with Crippen molar-refractivity contribution >= 4 is 17.6 Å². The number of likely N-dealkylation sites (tertiary alicyclic amines) is 1. The van der Waals surface area contributed by atoms with E-state index in [9.17, 15) is 14.0 Å². The summed E-state index contributed by atoms with van der Waals surface area (Å²) >= 11 is 0. The molecule has 1 unspecified atom stereocenters. The third kappa shape index (κ3) is 5.76. The molecule has 1 aliphatic rings. The fourth-order valence-corrected chi connectivity index (χ4v) is 3.81. The average molecular weight is 398 g/mol. The molecular formula is C22H27FN4O2. The molecule has 7 heteroatoms. The molecule has 0 radical (unpaired) electrons. The molecule has 1 atom stereocenters. The molecule has 29 heavy (non-hydrogen) atoms. The number of amides is 3. The number of aryl methyl sites for hydroxylation is 1. The van der Waals surface area contributed by atoms with Gasteiger partial charge in [-0.25, -0.2) is 9.18 Å². The Bertz CT molecular complexity index is 844. The number of unbranched alkanes of at least 4 members (excludes halogenated alkanes) is 2. The molecule has 3 N–H and O–H groups in total. The Kier molecular flexibility index (Phi) is 7.16. The zero-order chi connectivity index (χ0) is 20.6. The lowest BCUT2D eigenvalue weighted by atomic mass is 9.99. The monoisotopic (exact) mass is 398 g/mol. The number of halogens is 1. The Hall–Kier alpha value is -2.96. The quantitative estimate of drug-likeness (QED) is 0.659. The van der Waals surface area contributed by atoms with Crippen LogP contribution < -0.4 is 11.1 Å². The zero-order valence-corrected chi connectivity index (χ0v) is 16.4. The number of pyridine rings is 1. The molecule has 1 aliphatic heterocycles. The van der Waals surface area contributed by atoms with E-state index in [-0.39, 0.29) is 11.6 Å². The second kappa shape index (κ2) is 10.0. The molecule has 1 fully saturated rings. The molecular weight excluding hydrogens is 371 g/mol. The maximum absolute atomic E-state index is 14.3. The van der Waals surface area contributed by atoms with E-state index in [4.69, 9.17) is 5.73 Å². The van der Waals surface area contributed by atoms with Crippen LogP contribution >= 0.6 is 0 Å². The highest BCUT2D eigenvalue weighted by atomic mass is 19.1. The lowest BCUT2D eigenvalue weighted by molar-refractivity contribution is 0.0786. The average Bonchev–Trinajstić information content (AvgIpc) is 3.19. The first kappa shape index (κ1) is 20.8. The smallest absolute Gasteiger partial charge is 0.316 e. The summed E-state index contributed by atoms with van der Waals surface area (Å²) in [5.41, 5.74) is 6.20. The molecule has 0 saturated carbocycles. The van der Waals surface area contributed by atoms with Crippen LogP contribution in [0, 0.1) is 11.7 Å². The number of aromatic nitrogens is 1. The van der Waals surface area contributed by atoms with Gasteiger partial charge < -0.3 is 16.0 Å². The molecule has 1 saturated heterocycles. The first-order valence-corrected chi connectivity index (χ1v) is 10.1. The number of primary amides is 1. The number of rotatable bonds is 8. The highest BCUT2D eigenvalue weighted by molar-refractivity contribution is 5.94. The topological polar surface area (TPSA) is 88.3 Å². The number of anilines is 1. The summed E-state index contributed by atoms with van der Waals surface area (Å²) in [6, 6.07) is 10.0. The standard InChI is InChI=1S/C22H27FN4O2/c23-20-18(25-13-11-19(20)26-22(24)29)10-6-1-3-7-16-12-14-27(15-16)21(28)17-8-4-2-5-9-17/h2,4-5,8-9,11,13,16H,1,3,6-7,10,12,14-15H2,(H3,24,25,26,29). The van der Waals surface area contributed by atoms with Crippen molar-refractivity contribution in [3.63, 3.8) is 0 Å².